The predicted octanol–water partition coefficient (Wildman–Crippen LogP) is 1.76. The van der Waals surface area contributed by atoms with Crippen molar-refractivity contribution >= 4 is 11.6 Å². The van der Waals surface area contributed by atoms with Gasteiger partial charge in [0.05, 0.1) is 11.7 Å². The summed E-state index contributed by atoms with van der Waals surface area (Å²) in [6.07, 6.45) is 3.97. The van der Waals surface area contributed by atoms with Gasteiger partial charge in [0.2, 0.25) is 5.95 Å². The van der Waals surface area contributed by atoms with Crippen LogP contribution in [0.4, 0.5) is 11.6 Å². The Labute approximate surface area is 120 Å². The molecule has 1 atom stereocenters. The molecule has 0 bridgehead atoms. The van der Waals surface area contributed by atoms with Gasteiger partial charge in [-0.3, -0.25) is 9.36 Å². The summed E-state index contributed by atoms with van der Waals surface area (Å²) in [4.78, 5) is 17.2. The number of nitrogens with two attached hydrogens (primary N) is 1. The molecule has 1 aromatic heterocycles. The van der Waals surface area contributed by atoms with Gasteiger partial charge in [0.25, 0.3) is 5.56 Å². The fraction of sp³-hybridized carbons (Fsp3) is 0.714. The Morgan fingerprint density at radius 1 is 1.25 bits per heavy atom. The van der Waals surface area contributed by atoms with Gasteiger partial charge in [-0.1, -0.05) is 26.7 Å². The number of aromatic nitrogens is 2. The van der Waals surface area contributed by atoms with Crippen molar-refractivity contribution in [1.82, 2.24) is 14.6 Å². The molecule has 6 heteroatoms. The number of nitrogens with zero attached hydrogens (tertiary/aromatic N) is 4. The molecule has 0 amide bonds. The van der Waals surface area contributed by atoms with E-state index in [4.69, 9.17) is 5.73 Å². The summed E-state index contributed by atoms with van der Waals surface area (Å²) in [7, 11) is 3.91. The SMILES string of the molecule is CCCCn1c(N)nc2c(c1=O)N(C)N(C)C2CCC. The summed E-state index contributed by atoms with van der Waals surface area (Å²) in [6.45, 7) is 4.87. The van der Waals surface area contributed by atoms with Crippen LogP contribution in [0.2, 0.25) is 0 Å². The summed E-state index contributed by atoms with van der Waals surface area (Å²) in [5.74, 6) is 0.340. The van der Waals surface area contributed by atoms with E-state index in [9.17, 15) is 4.79 Å². The molecular weight excluding hydrogens is 254 g/mol. The molecule has 1 aliphatic rings. The quantitative estimate of drug-likeness (QED) is 0.889. The van der Waals surface area contributed by atoms with E-state index in [1.165, 1.54) is 0 Å². The molecule has 0 aliphatic carbocycles. The van der Waals surface area contributed by atoms with Gasteiger partial charge in [-0.15, -0.1) is 0 Å². The van der Waals surface area contributed by atoms with E-state index in [0.717, 1.165) is 31.4 Å². The maximum absolute atomic E-state index is 12.7. The average molecular weight is 279 g/mol. The molecule has 2 heterocycles. The van der Waals surface area contributed by atoms with Crippen LogP contribution in [-0.4, -0.2) is 28.7 Å². The number of hydrazine groups is 1. The summed E-state index contributed by atoms with van der Waals surface area (Å²) in [6, 6.07) is 0.149. The zero-order chi connectivity index (χ0) is 14.9. The van der Waals surface area contributed by atoms with E-state index in [1.807, 2.05) is 19.1 Å². The molecule has 20 heavy (non-hydrogen) atoms. The number of unbranched alkanes of at least 4 members (excludes halogenated alkanes) is 1. The molecular formula is C14H25N5O. The molecule has 2 N–H and O–H groups in total. The lowest BCUT2D eigenvalue weighted by Crippen LogP contribution is -2.36. The molecule has 1 aromatic rings. The lowest BCUT2D eigenvalue weighted by Gasteiger charge is -2.25. The third-order valence-corrected chi connectivity index (χ3v) is 4.06. The van der Waals surface area contributed by atoms with Gasteiger partial charge in [0, 0.05) is 20.6 Å². The Morgan fingerprint density at radius 3 is 2.55 bits per heavy atom. The van der Waals surface area contributed by atoms with Crippen LogP contribution in [0.15, 0.2) is 4.79 Å². The molecule has 6 nitrogen and oxygen atoms in total. The highest BCUT2D eigenvalue weighted by atomic mass is 16.1. The Balaban J connectivity index is 2.51. The van der Waals surface area contributed by atoms with E-state index in [0.29, 0.717) is 18.2 Å². The van der Waals surface area contributed by atoms with E-state index in [2.05, 4.69) is 23.8 Å². The Hall–Kier alpha value is -1.56. The second-order valence-electron chi connectivity index (χ2n) is 5.42. The highest BCUT2D eigenvalue weighted by molar-refractivity contribution is 5.55. The summed E-state index contributed by atoms with van der Waals surface area (Å²) >= 11 is 0. The van der Waals surface area contributed by atoms with Gasteiger partial charge in [-0.25, -0.2) is 9.99 Å². The minimum absolute atomic E-state index is 0.0195. The Bertz CT molecular complexity index is 539. The van der Waals surface area contributed by atoms with E-state index >= 15 is 0 Å². The lowest BCUT2D eigenvalue weighted by molar-refractivity contribution is 0.246. The fourth-order valence-electron chi connectivity index (χ4n) is 2.79. The first-order chi connectivity index (χ1) is 9.52. The molecule has 0 aromatic carbocycles. The van der Waals surface area contributed by atoms with E-state index < -0.39 is 0 Å². The third kappa shape index (κ3) is 2.28. The largest absolute Gasteiger partial charge is 0.369 e. The van der Waals surface area contributed by atoms with Crippen molar-refractivity contribution < 1.29 is 0 Å². The minimum atomic E-state index is -0.0195. The average Bonchev–Trinajstić information content (AvgIpc) is 2.64. The number of rotatable bonds is 5. The summed E-state index contributed by atoms with van der Waals surface area (Å²) in [5, 5.41) is 3.99. The number of nitrogen functional groups attached to an aromatic ring is 1. The van der Waals surface area contributed by atoms with Crippen LogP contribution in [0.5, 0.6) is 0 Å². The maximum Gasteiger partial charge on any atom is 0.280 e. The molecule has 0 spiro atoms. The first kappa shape index (κ1) is 14.8. The van der Waals surface area contributed by atoms with Crippen LogP contribution in [-0.2, 0) is 6.54 Å². The van der Waals surface area contributed by atoms with Crippen molar-refractivity contribution in [2.45, 2.75) is 52.1 Å². The van der Waals surface area contributed by atoms with Gasteiger partial charge in [-0.2, -0.15) is 0 Å². The van der Waals surface area contributed by atoms with Crippen molar-refractivity contribution in [3.8, 4) is 0 Å². The lowest BCUT2D eigenvalue weighted by atomic mass is 10.1. The highest BCUT2D eigenvalue weighted by Gasteiger charge is 2.36. The normalized spacial score (nSPS) is 18.6. The number of hydrogen-bond donors (Lipinski definition) is 1. The smallest absolute Gasteiger partial charge is 0.280 e. The predicted molar refractivity (Wildman–Crippen MR) is 81.6 cm³/mol. The molecule has 0 saturated heterocycles. The third-order valence-electron chi connectivity index (χ3n) is 4.06. The van der Waals surface area contributed by atoms with Crippen LogP contribution in [0.1, 0.15) is 51.3 Å². The first-order valence-corrected chi connectivity index (χ1v) is 7.39. The molecule has 1 aliphatic heterocycles. The summed E-state index contributed by atoms with van der Waals surface area (Å²) < 4.78 is 1.60. The molecule has 0 radical (unpaired) electrons. The maximum atomic E-state index is 12.7. The standard InChI is InChI=1S/C14H25N5O/c1-5-7-9-19-13(20)12-11(16-14(19)15)10(8-6-2)17(3)18(12)4/h10H,5-9H2,1-4H3,(H2,15,16). The Kier molecular flexibility index (Phi) is 4.32. The zero-order valence-corrected chi connectivity index (χ0v) is 12.9. The minimum Gasteiger partial charge on any atom is -0.369 e. The zero-order valence-electron chi connectivity index (χ0n) is 12.9. The second-order valence-corrected chi connectivity index (χ2v) is 5.42. The monoisotopic (exact) mass is 279 g/mol. The van der Waals surface area contributed by atoms with Crippen LogP contribution >= 0.6 is 0 Å². The van der Waals surface area contributed by atoms with Crippen LogP contribution in [0.3, 0.4) is 0 Å². The van der Waals surface area contributed by atoms with Crippen molar-refractivity contribution in [3.63, 3.8) is 0 Å². The van der Waals surface area contributed by atoms with Gasteiger partial charge in [0.1, 0.15) is 5.69 Å². The van der Waals surface area contributed by atoms with Gasteiger partial charge in [-0.05, 0) is 12.8 Å². The topological polar surface area (TPSA) is 67.4 Å². The van der Waals surface area contributed by atoms with Crippen molar-refractivity contribution in [3.05, 3.63) is 16.0 Å². The van der Waals surface area contributed by atoms with Crippen LogP contribution in [0.25, 0.3) is 0 Å². The van der Waals surface area contributed by atoms with Gasteiger partial charge >= 0.3 is 0 Å². The van der Waals surface area contributed by atoms with Crippen LogP contribution < -0.4 is 16.3 Å². The second kappa shape index (κ2) is 5.83. The molecule has 0 saturated carbocycles. The first-order valence-electron chi connectivity index (χ1n) is 7.39. The van der Waals surface area contributed by atoms with E-state index in [-0.39, 0.29) is 11.6 Å². The number of anilines is 2. The fourth-order valence-corrected chi connectivity index (χ4v) is 2.79. The molecule has 0 fully saturated rings. The highest BCUT2D eigenvalue weighted by Crippen LogP contribution is 2.37. The van der Waals surface area contributed by atoms with Crippen molar-refractivity contribution in [1.29, 1.82) is 0 Å². The number of hydrogen-bond acceptors (Lipinski definition) is 5. The number of fused-ring (bicyclic) bond motifs is 1. The summed E-state index contributed by atoms with van der Waals surface area (Å²) in [5.41, 5.74) is 7.48. The van der Waals surface area contributed by atoms with E-state index in [1.54, 1.807) is 4.57 Å². The van der Waals surface area contributed by atoms with Gasteiger partial charge in [0.15, 0.2) is 0 Å². The Morgan fingerprint density at radius 2 is 1.95 bits per heavy atom. The van der Waals surface area contributed by atoms with Crippen LogP contribution in [0, 0.1) is 0 Å². The van der Waals surface area contributed by atoms with Gasteiger partial charge < -0.3 is 10.7 Å². The molecule has 112 valence electrons. The molecule has 1 unspecified atom stereocenters. The van der Waals surface area contributed by atoms with Crippen molar-refractivity contribution in [2.24, 2.45) is 0 Å². The van der Waals surface area contributed by atoms with Crippen molar-refractivity contribution in [2.75, 3.05) is 24.8 Å². The molecule has 2 rings (SSSR count).